The van der Waals surface area contributed by atoms with Crippen LogP contribution in [-0.4, -0.2) is 25.5 Å². The van der Waals surface area contributed by atoms with Gasteiger partial charge in [-0.3, -0.25) is 4.79 Å². The molecule has 0 radical (unpaired) electrons. The normalized spacial score (nSPS) is 10.1. The Morgan fingerprint density at radius 1 is 1.50 bits per heavy atom. The van der Waals surface area contributed by atoms with Crippen LogP contribution >= 0.6 is 11.3 Å². The minimum Gasteiger partial charge on any atom is -0.350 e. The summed E-state index contributed by atoms with van der Waals surface area (Å²) in [4.78, 5) is 12.4. The van der Waals surface area contributed by atoms with Gasteiger partial charge in [-0.1, -0.05) is 6.92 Å². The second kappa shape index (κ2) is 5.78. The first-order chi connectivity index (χ1) is 6.75. The van der Waals surface area contributed by atoms with E-state index in [9.17, 15) is 4.79 Å². The summed E-state index contributed by atoms with van der Waals surface area (Å²) < 4.78 is 0. The first kappa shape index (κ1) is 11.2. The third-order valence-corrected chi connectivity index (χ3v) is 2.92. The molecule has 0 unspecified atom stereocenters. The summed E-state index contributed by atoms with van der Waals surface area (Å²) in [5, 5.41) is 7.96. The summed E-state index contributed by atoms with van der Waals surface area (Å²) >= 11 is 1.49. The summed E-state index contributed by atoms with van der Waals surface area (Å²) in [6, 6.07) is 1.96. The van der Waals surface area contributed by atoms with E-state index < -0.39 is 0 Å². The van der Waals surface area contributed by atoms with E-state index in [1.807, 2.05) is 25.3 Å². The molecule has 78 valence electrons. The molecular weight excluding hydrogens is 196 g/mol. The van der Waals surface area contributed by atoms with Crippen molar-refractivity contribution in [3.8, 4) is 0 Å². The molecule has 1 rings (SSSR count). The van der Waals surface area contributed by atoms with Crippen LogP contribution < -0.4 is 10.6 Å². The van der Waals surface area contributed by atoms with Crippen molar-refractivity contribution in [1.82, 2.24) is 10.6 Å². The van der Waals surface area contributed by atoms with Crippen LogP contribution in [0.15, 0.2) is 11.4 Å². The smallest absolute Gasteiger partial charge is 0.261 e. The Kier molecular flexibility index (Phi) is 4.62. The van der Waals surface area contributed by atoms with Crippen LogP contribution in [0.3, 0.4) is 0 Å². The molecule has 4 heteroatoms. The van der Waals surface area contributed by atoms with Gasteiger partial charge in [0.1, 0.15) is 0 Å². The van der Waals surface area contributed by atoms with E-state index in [2.05, 4.69) is 10.6 Å². The third-order valence-electron chi connectivity index (χ3n) is 1.91. The van der Waals surface area contributed by atoms with Gasteiger partial charge in [0.05, 0.1) is 4.88 Å². The van der Waals surface area contributed by atoms with Crippen LogP contribution in [-0.2, 0) is 0 Å². The Labute approximate surface area is 88.5 Å². The van der Waals surface area contributed by atoms with Crippen molar-refractivity contribution >= 4 is 17.2 Å². The number of nitrogens with one attached hydrogen (secondary N) is 2. The van der Waals surface area contributed by atoms with Crippen molar-refractivity contribution in [3.63, 3.8) is 0 Å². The highest BCUT2D eigenvalue weighted by Crippen LogP contribution is 2.14. The number of likely N-dealkylation sites (N-methyl/N-ethyl adjacent to an activating group) is 1. The van der Waals surface area contributed by atoms with Crippen molar-refractivity contribution in [2.45, 2.75) is 13.8 Å². The van der Waals surface area contributed by atoms with Crippen LogP contribution in [0.25, 0.3) is 0 Å². The molecule has 1 aromatic heterocycles. The number of rotatable bonds is 5. The molecule has 0 fully saturated rings. The molecule has 0 saturated carbocycles. The number of carbonyl (C=O) groups is 1. The summed E-state index contributed by atoms with van der Waals surface area (Å²) in [5.74, 6) is 0.0374. The van der Waals surface area contributed by atoms with Crippen LogP contribution in [0, 0.1) is 6.92 Å². The largest absolute Gasteiger partial charge is 0.350 e. The van der Waals surface area contributed by atoms with Gasteiger partial charge < -0.3 is 10.6 Å². The highest BCUT2D eigenvalue weighted by molar-refractivity contribution is 7.12. The zero-order valence-corrected chi connectivity index (χ0v) is 9.41. The van der Waals surface area contributed by atoms with Crippen LogP contribution in [0.4, 0.5) is 0 Å². The van der Waals surface area contributed by atoms with Crippen molar-refractivity contribution in [3.05, 3.63) is 21.9 Å². The Hall–Kier alpha value is -0.870. The molecule has 0 bridgehead atoms. The molecule has 1 amide bonds. The standard InChI is InChI=1S/C10H16N2OS/c1-3-11-5-6-12-10(13)9-8(2)4-7-14-9/h4,7,11H,3,5-6H2,1-2H3,(H,12,13). The molecule has 0 spiro atoms. The maximum atomic E-state index is 11.6. The van der Waals surface area contributed by atoms with Crippen molar-refractivity contribution in [1.29, 1.82) is 0 Å². The SMILES string of the molecule is CCNCCNC(=O)c1sccc1C. The first-order valence-corrected chi connectivity index (χ1v) is 5.66. The first-order valence-electron chi connectivity index (χ1n) is 4.78. The monoisotopic (exact) mass is 212 g/mol. The summed E-state index contributed by atoms with van der Waals surface area (Å²) in [7, 11) is 0. The number of carbonyl (C=O) groups excluding carboxylic acids is 1. The van der Waals surface area contributed by atoms with Gasteiger partial charge in [0.15, 0.2) is 0 Å². The van der Waals surface area contributed by atoms with Crippen LogP contribution in [0.1, 0.15) is 22.2 Å². The lowest BCUT2D eigenvalue weighted by molar-refractivity contribution is 0.0957. The van der Waals surface area contributed by atoms with Crippen molar-refractivity contribution < 1.29 is 4.79 Å². The predicted octanol–water partition coefficient (Wildman–Crippen LogP) is 1.40. The lowest BCUT2D eigenvalue weighted by Gasteiger charge is -2.04. The Morgan fingerprint density at radius 2 is 2.29 bits per heavy atom. The van der Waals surface area contributed by atoms with Crippen LogP contribution in [0.2, 0.25) is 0 Å². The van der Waals surface area contributed by atoms with E-state index in [4.69, 9.17) is 0 Å². The van der Waals surface area contributed by atoms with Crippen molar-refractivity contribution in [2.75, 3.05) is 19.6 Å². The minimum atomic E-state index is 0.0374. The lowest BCUT2D eigenvalue weighted by Crippen LogP contribution is -2.31. The molecule has 0 atom stereocenters. The molecule has 14 heavy (non-hydrogen) atoms. The highest BCUT2D eigenvalue weighted by Gasteiger charge is 2.08. The molecule has 0 aliphatic carbocycles. The number of hydrogen-bond acceptors (Lipinski definition) is 3. The second-order valence-corrected chi connectivity index (χ2v) is 3.96. The number of amides is 1. The van der Waals surface area contributed by atoms with E-state index in [-0.39, 0.29) is 5.91 Å². The molecule has 2 N–H and O–H groups in total. The fourth-order valence-electron chi connectivity index (χ4n) is 1.13. The average molecular weight is 212 g/mol. The van der Waals surface area contributed by atoms with Gasteiger partial charge >= 0.3 is 0 Å². The number of thiophene rings is 1. The van der Waals surface area contributed by atoms with E-state index in [0.29, 0.717) is 6.54 Å². The highest BCUT2D eigenvalue weighted by atomic mass is 32.1. The minimum absolute atomic E-state index is 0.0374. The summed E-state index contributed by atoms with van der Waals surface area (Å²) in [6.07, 6.45) is 0. The maximum Gasteiger partial charge on any atom is 0.261 e. The van der Waals surface area contributed by atoms with Gasteiger partial charge in [0, 0.05) is 13.1 Å². The topological polar surface area (TPSA) is 41.1 Å². The van der Waals surface area contributed by atoms with E-state index in [0.717, 1.165) is 23.5 Å². The van der Waals surface area contributed by atoms with Crippen LogP contribution in [0.5, 0.6) is 0 Å². The molecule has 0 aromatic carbocycles. The summed E-state index contributed by atoms with van der Waals surface area (Å²) in [5.41, 5.74) is 1.05. The van der Waals surface area contributed by atoms with Gasteiger partial charge in [-0.25, -0.2) is 0 Å². The van der Waals surface area contributed by atoms with Gasteiger partial charge in [0.25, 0.3) is 5.91 Å². The second-order valence-electron chi connectivity index (χ2n) is 3.04. The fourth-order valence-corrected chi connectivity index (χ4v) is 1.97. The molecule has 1 aromatic rings. The predicted molar refractivity (Wildman–Crippen MR) is 59.9 cm³/mol. The zero-order valence-electron chi connectivity index (χ0n) is 8.59. The average Bonchev–Trinajstić information content (AvgIpc) is 2.59. The summed E-state index contributed by atoms with van der Waals surface area (Å²) in [6.45, 7) is 6.45. The lowest BCUT2D eigenvalue weighted by atomic mass is 10.3. The zero-order chi connectivity index (χ0) is 10.4. The van der Waals surface area contributed by atoms with E-state index >= 15 is 0 Å². The number of hydrogen-bond donors (Lipinski definition) is 2. The van der Waals surface area contributed by atoms with E-state index in [1.165, 1.54) is 11.3 Å². The quantitative estimate of drug-likeness (QED) is 0.724. The Bertz CT molecular complexity index is 296. The molecule has 0 aliphatic heterocycles. The van der Waals surface area contributed by atoms with E-state index in [1.54, 1.807) is 0 Å². The molecule has 0 aliphatic rings. The third kappa shape index (κ3) is 3.12. The van der Waals surface area contributed by atoms with Gasteiger partial charge in [-0.15, -0.1) is 11.3 Å². The van der Waals surface area contributed by atoms with Crippen molar-refractivity contribution in [2.24, 2.45) is 0 Å². The van der Waals surface area contributed by atoms with Gasteiger partial charge in [0.2, 0.25) is 0 Å². The molecular formula is C10H16N2OS. The molecule has 0 saturated heterocycles. The molecule has 3 nitrogen and oxygen atoms in total. The Morgan fingerprint density at radius 3 is 2.86 bits per heavy atom. The Balaban J connectivity index is 2.32. The fraction of sp³-hybridized carbons (Fsp3) is 0.500. The maximum absolute atomic E-state index is 11.6. The number of aryl methyl sites for hydroxylation is 1. The van der Waals surface area contributed by atoms with Gasteiger partial charge in [-0.2, -0.15) is 0 Å². The van der Waals surface area contributed by atoms with Gasteiger partial charge in [-0.05, 0) is 30.5 Å². The molecule has 1 heterocycles.